The highest BCUT2D eigenvalue weighted by atomic mass is 127. The Kier molecular flexibility index (Phi) is 5.21. The Morgan fingerprint density at radius 2 is 2.11 bits per heavy atom. The molecule has 0 radical (unpaired) electrons. The molecule has 1 atom stereocenters. The highest BCUT2D eigenvalue weighted by molar-refractivity contribution is 14.1. The molecule has 1 aromatic carbocycles. The molecule has 0 aromatic heterocycles. The molecule has 0 saturated carbocycles. The molecule has 0 bridgehead atoms. The summed E-state index contributed by atoms with van der Waals surface area (Å²) >= 11 is 2.24. The number of rotatable bonds is 4. The van der Waals surface area contributed by atoms with Crippen LogP contribution in [0.4, 0.5) is 0 Å². The first-order chi connectivity index (χ1) is 9.09. The van der Waals surface area contributed by atoms with E-state index >= 15 is 0 Å². The summed E-state index contributed by atoms with van der Waals surface area (Å²) in [5.41, 5.74) is 1.94. The summed E-state index contributed by atoms with van der Waals surface area (Å²) in [4.78, 5) is 14.6. The van der Waals surface area contributed by atoms with Gasteiger partial charge < -0.3 is 5.32 Å². The first kappa shape index (κ1) is 14.8. The van der Waals surface area contributed by atoms with Gasteiger partial charge in [0.25, 0.3) is 5.91 Å². The van der Waals surface area contributed by atoms with E-state index < -0.39 is 0 Å². The van der Waals surface area contributed by atoms with Crippen LogP contribution in [0.25, 0.3) is 0 Å². The topological polar surface area (TPSA) is 32.3 Å². The van der Waals surface area contributed by atoms with Gasteiger partial charge >= 0.3 is 0 Å². The Balaban J connectivity index is 1.92. The molecule has 1 aliphatic rings. The molecule has 1 fully saturated rings. The summed E-state index contributed by atoms with van der Waals surface area (Å²) < 4.78 is 1.05. The predicted octanol–water partition coefficient (Wildman–Crippen LogP) is 2.81. The molecule has 1 heterocycles. The van der Waals surface area contributed by atoms with Gasteiger partial charge in [-0.15, -0.1) is 0 Å². The van der Waals surface area contributed by atoms with Crippen molar-refractivity contribution in [1.82, 2.24) is 10.2 Å². The molecule has 1 amide bonds. The zero-order valence-corrected chi connectivity index (χ0v) is 13.7. The van der Waals surface area contributed by atoms with Crippen LogP contribution in [0.5, 0.6) is 0 Å². The van der Waals surface area contributed by atoms with Gasteiger partial charge in [-0.05, 0) is 74.0 Å². The second-order valence-corrected chi connectivity index (χ2v) is 6.32. The number of hydrogen-bond acceptors (Lipinski definition) is 2. The van der Waals surface area contributed by atoms with Gasteiger partial charge in [-0.1, -0.05) is 12.1 Å². The van der Waals surface area contributed by atoms with Gasteiger partial charge in [-0.2, -0.15) is 0 Å². The van der Waals surface area contributed by atoms with E-state index in [0.29, 0.717) is 6.04 Å². The molecule has 19 heavy (non-hydrogen) atoms. The van der Waals surface area contributed by atoms with Gasteiger partial charge in [-0.25, -0.2) is 0 Å². The van der Waals surface area contributed by atoms with E-state index in [-0.39, 0.29) is 5.91 Å². The molecular weight excluding hydrogens is 351 g/mol. The Hall–Kier alpha value is -0.620. The van der Waals surface area contributed by atoms with Crippen molar-refractivity contribution in [1.29, 1.82) is 0 Å². The molecule has 1 aromatic rings. The summed E-state index contributed by atoms with van der Waals surface area (Å²) in [7, 11) is 0. The highest BCUT2D eigenvalue weighted by Gasteiger charge is 2.19. The lowest BCUT2D eigenvalue weighted by Gasteiger charge is -2.24. The molecule has 1 saturated heterocycles. The molecule has 2 rings (SSSR count). The number of hydrogen-bond donors (Lipinski definition) is 1. The molecule has 0 spiro atoms. The van der Waals surface area contributed by atoms with Gasteiger partial charge in [0.2, 0.25) is 0 Å². The smallest absolute Gasteiger partial charge is 0.252 e. The predicted molar refractivity (Wildman–Crippen MR) is 86.5 cm³/mol. The lowest BCUT2D eigenvalue weighted by atomic mass is 10.1. The molecule has 104 valence electrons. The summed E-state index contributed by atoms with van der Waals surface area (Å²) in [5.74, 6) is 0.0409. The fourth-order valence-electron chi connectivity index (χ4n) is 2.47. The van der Waals surface area contributed by atoms with Crippen LogP contribution in [0.15, 0.2) is 18.2 Å². The molecule has 1 aliphatic heterocycles. The van der Waals surface area contributed by atoms with Crippen molar-refractivity contribution in [3.05, 3.63) is 32.9 Å². The number of likely N-dealkylation sites (tertiary alicyclic amines) is 1. The fourth-order valence-corrected chi connectivity index (χ4v) is 3.07. The first-order valence-electron chi connectivity index (χ1n) is 6.87. The Bertz CT molecular complexity index is 455. The lowest BCUT2D eigenvalue weighted by Crippen LogP contribution is -2.40. The SMILES string of the molecule is Cc1cccc(C(=O)NCC(C)N2CCCC2)c1I. The number of amides is 1. The largest absolute Gasteiger partial charge is 0.350 e. The standard InChI is InChI=1S/C15H21IN2O/c1-11-6-5-7-13(14(11)16)15(19)17-10-12(2)18-8-3-4-9-18/h5-7,12H,3-4,8-10H2,1-2H3,(H,17,19). The van der Waals surface area contributed by atoms with Crippen molar-refractivity contribution in [3.8, 4) is 0 Å². The van der Waals surface area contributed by atoms with Crippen LogP contribution in [0.1, 0.15) is 35.7 Å². The van der Waals surface area contributed by atoms with E-state index in [4.69, 9.17) is 0 Å². The highest BCUT2D eigenvalue weighted by Crippen LogP contribution is 2.16. The quantitative estimate of drug-likeness (QED) is 0.825. The van der Waals surface area contributed by atoms with Gasteiger partial charge in [0.1, 0.15) is 0 Å². The maximum absolute atomic E-state index is 12.2. The lowest BCUT2D eigenvalue weighted by molar-refractivity contribution is 0.0939. The second kappa shape index (κ2) is 6.70. The summed E-state index contributed by atoms with van der Waals surface area (Å²) in [5, 5.41) is 3.06. The minimum Gasteiger partial charge on any atom is -0.350 e. The Morgan fingerprint density at radius 1 is 1.42 bits per heavy atom. The van der Waals surface area contributed by atoms with Gasteiger partial charge in [-0.3, -0.25) is 9.69 Å². The number of carbonyl (C=O) groups is 1. The average Bonchev–Trinajstić information content (AvgIpc) is 2.93. The molecule has 0 aliphatic carbocycles. The third-order valence-electron chi connectivity index (χ3n) is 3.76. The molecule has 4 heteroatoms. The number of benzene rings is 1. The van der Waals surface area contributed by atoms with Crippen molar-refractivity contribution in [2.45, 2.75) is 32.7 Å². The van der Waals surface area contributed by atoms with E-state index in [0.717, 1.165) is 21.2 Å². The number of halogens is 1. The number of nitrogens with one attached hydrogen (secondary N) is 1. The summed E-state index contributed by atoms with van der Waals surface area (Å²) in [6.07, 6.45) is 2.57. The fraction of sp³-hybridized carbons (Fsp3) is 0.533. The second-order valence-electron chi connectivity index (χ2n) is 5.24. The average molecular weight is 372 g/mol. The van der Waals surface area contributed by atoms with Gasteiger partial charge in [0, 0.05) is 16.2 Å². The van der Waals surface area contributed by atoms with Crippen LogP contribution in [-0.4, -0.2) is 36.5 Å². The van der Waals surface area contributed by atoms with E-state index in [1.807, 2.05) is 25.1 Å². The van der Waals surface area contributed by atoms with Crippen LogP contribution in [-0.2, 0) is 0 Å². The maximum atomic E-state index is 12.2. The Morgan fingerprint density at radius 3 is 2.79 bits per heavy atom. The van der Waals surface area contributed by atoms with Crippen molar-refractivity contribution >= 4 is 28.5 Å². The van der Waals surface area contributed by atoms with Crippen molar-refractivity contribution in [3.63, 3.8) is 0 Å². The molecule has 1 unspecified atom stereocenters. The number of carbonyl (C=O) groups excluding carboxylic acids is 1. The molecular formula is C15H21IN2O. The third-order valence-corrected chi connectivity index (χ3v) is 5.19. The van der Waals surface area contributed by atoms with Crippen molar-refractivity contribution in [2.75, 3.05) is 19.6 Å². The van der Waals surface area contributed by atoms with Crippen molar-refractivity contribution < 1.29 is 4.79 Å². The molecule has 1 N–H and O–H groups in total. The summed E-state index contributed by atoms with van der Waals surface area (Å²) in [6.45, 7) is 7.28. The van der Waals surface area contributed by atoms with Crippen LogP contribution in [0.3, 0.4) is 0 Å². The van der Waals surface area contributed by atoms with Crippen molar-refractivity contribution in [2.24, 2.45) is 0 Å². The Labute approximate surface area is 128 Å². The zero-order valence-electron chi connectivity index (χ0n) is 11.6. The van der Waals surface area contributed by atoms with Crippen LogP contribution >= 0.6 is 22.6 Å². The number of nitrogens with zero attached hydrogens (tertiary/aromatic N) is 1. The normalized spacial score (nSPS) is 17.4. The van der Waals surface area contributed by atoms with Gasteiger partial charge in [0.05, 0.1) is 5.56 Å². The van der Waals surface area contributed by atoms with E-state index in [1.54, 1.807) is 0 Å². The number of aryl methyl sites for hydroxylation is 1. The summed E-state index contributed by atoms with van der Waals surface area (Å²) in [6, 6.07) is 6.29. The van der Waals surface area contributed by atoms with Gasteiger partial charge in [0.15, 0.2) is 0 Å². The molecule has 3 nitrogen and oxygen atoms in total. The van der Waals surface area contributed by atoms with E-state index in [1.165, 1.54) is 25.9 Å². The zero-order chi connectivity index (χ0) is 13.8. The maximum Gasteiger partial charge on any atom is 0.252 e. The van der Waals surface area contributed by atoms with E-state index in [9.17, 15) is 4.79 Å². The first-order valence-corrected chi connectivity index (χ1v) is 7.95. The van der Waals surface area contributed by atoms with Crippen LogP contribution in [0.2, 0.25) is 0 Å². The minimum absolute atomic E-state index is 0.0409. The van der Waals surface area contributed by atoms with Crippen LogP contribution < -0.4 is 5.32 Å². The van der Waals surface area contributed by atoms with Crippen LogP contribution in [0, 0.1) is 10.5 Å². The third kappa shape index (κ3) is 3.69. The van der Waals surface area contributed by atoms with E-state index in [2.05, 4.69) is 39.7 Å². The minimum atomic E-state index is 0.0409. The monoisotopic (exact) mass is 372 g/mol.